The molecule has 4 rings (SSSR count). The van der Waals surface area contributed by atoms with Crippen LogP contribution in [0, 0.1) is 34.6 Å². The minimum absolute atomic E-state index is 0.315. The van der Waals surface area contributed by atoms with Crippen LogP contribution in [0.25, 0.3) is 0 Å². The molecule has 7 nitrogen and oxygen atoms in total. The molecule has 0 amide bonds. The third-order valence-corrected chi connectivity index (χ3v) is 7.69. The maximum atomic E-state index is 9.18. The van der Waals surface area contributed by atoms with Crippen molar-refractivity contribution in [3.63, 3.8) is 0 Å². The molecule has 0 heterocycles. The summed E-state index contributed by atoms with van der Waals surface area (Å²) in [5.41, 5.74) is 8.24. The Morgan fingerprint density at radius 3 is 1.45 bits per heavy atom. The number of nitrogens with zero attached hydrogens (tertiary/aromatic N) is 2. The highest BCUT2D eigenvalue weighted by atomic mass is 16.5. The Bertz CT molecular complexity index is 1620. The summed E-state index contributed by atoms with van der Waals surface area (Å²) in [6.07, 6.45) is 2.72. The molecule has 0 aromatic heterocycles. The van der Waals surface area contributed by atoms with Crippen molar-refractivity contribution in [1.29, 1.82) is 0 Å². The summed E-state index contributed by atoms with van der Waals surface area (Å²) >= 11 is 0. The average molecular weight is 567 g/mol. The van der Waals surface area contributed by atoms with E-state index in [1.807, 2.05) is 65.0 Å². The predicted molar refractivity (Wildman–Crippen MR) is 167 cm³/mol. The third kappa shape index (κ3) is 5.96. The summed E-state index contributed by atoms with van der Waals surface area (Å²) in [5.74, 6) is 3.25. The van der Waals surface area contributed by atoms with Crippen molar-refractivity contribution in [2.24, 2.45) is 10.3 Å². The van der Waals surface area contributed by atoms with Gasteiger partial charge in [-0.25, -0.2) is 0 Å². The lowest BCUT2D eigenvalue weighted by Crippen LogP contribution is -2.20. The predicted octanol–water partition coefficient (Wildman–Crippen LogP) is 8.76. The fourth-order valence-electron chi connectivity index (χ4n) is 5.27. The monoisotopic (exact) mass is 566 g/mol. The second-order valence-electron chi connectivity index (χ2n) is 11.1. The third-order valence-electron chi connectivity index (χ3n) is 7.69. The second-order valence-corrected chi connectivity index (χ2v) is 11.1. The standard InChI is InChI=1S/C35H38N2O5/c1-21-11-9-13-31(28(21)19-36-38)41-33-22(2)15-26(16-23(33)3)35(6,7)27-17-24(4)34(25(5)18-27)42-32-14-10-12-30(40-8)29(32)20-37-39/h9-20,38-39H,1-8H3/b36-19+,37-20+. The molecule has 42 heavy (non-hydrogen) atoms. The molecular weight excluding hydrogens is 528 g/mol. The molecule has 2 N–H and O–H groups in total. The molecule has 4 aromatic carbocycles. The van der Waals surface area contributed by atoms with Gasteiger partial charge in [-0.2, -0.15) is 0 Å². The smallest absolute Gasteiger partial charge is 0.140 e. The molecule has 0 aliphatic heterocycles. The van der Waals surface area contributed by atoms with Crippen molar-refractivity contribution in [3.05, 3.63) is 111 Å². The van der Waals surface area contributed by atoms with Crippen LogP contribution in [0.15, 0.2) is 71.0 Å². The van der Waals surface area contributed by atoms with Crippen LogP contribution in [0.1, 0.15) is 63.9 Å². The van der Waals surface area contributed by atoms with E-state index < -0.39 is 0 Å². The van der Waals surface area contributed by atoms with Crippen LogP contribution >= 0.6 is 0 Å². The van der Waals surface area contributed by atoms with E-state index in [-0.39, 0.29) is 5.41 Å². The van der Waals surface area contributed by atoms with E-state index in [2.05, 4.69) is 48.4 Å². The van der Waals surface area contributed by atoms with Gasteiger partial charge >= 0.3 is 0 Å². The van der Waals surface area contributed by atoms with Gasteiger partial charge in [-0.15, -0.1) is 0 Å². The Morgan fingerprint density at radius 1 is 0.595 bits per heavy atom. The van der Waals surface area contributed by atoms with Crippen LogP contribution in [0.4, 0.5) is 0 Å². The van der Waals surface area contributed by atoms with Gasteiger partial charge in [0, 0.05) is 11.0 Å². The summed E-state index contributed by atoms with van der Waals surface area (Å²) in [6.45, 7) is 14.5. The molecule has 0 radical (unpaired) electrons. The Labute approximate surface area is 247 Å². The van der Waals surface area contributed by atoms with Crippen LogP contribution in [0.5, 0.6) is 28.7 Å². The molecule has 0 aliphatic carbocycles. The first kappa shape index (κ1) is 30.2. The highest BCUT2D eigenvalue weighted by Crippen LogP contribution is 2.41. The number of benzene rings is 4. The van der Waals surface area contributed by atoms with Crippen LogP contribution in [0.2, 0.25) is 0 Å². The SMILES string of the molecule is COc1cccc(Oc2c(C)cc(C(C)(C)c3cc(C)c(Oc4cccc(C)c4/C=N/O)c(C)c3)cc2C)c1/C=N/O. The fraction of sp³-hybridized carbons (Fsp3) is 0.257. The van der Waals surface area contributed by atoms with Crippen molar-refractivity contribution < 1.29 is 24.6 Å². The van der Waals surface area contributed by atoms with Gasteiger partial charge < -0.3 is 24.6 Å². The molecule has 0 fully saturated rings. The Balaban J connectivity index is 1.69. The Kier molecular flexibility index (Phi) is 8.90. The largest absolute Gasteiger partial charge is 0.496 e. The zero-order valence-corrected chi connectivity index (χ0v) is 25.4. The number of methoxy groups -OCH3 is 1. The van der Waals surface area contributed by atoms with Gasteiger partial charge in [0.05, 0.1) is 25.1 Å². The van der Waals surface area contributed by atoms with E-state index in [4.69, 9.17) is 19.4 Å². The summed E-state index contributed by atoms with van der Waals surface area (Å²) in [5, 5.41) is 24.7. The zero-order valence-electron chi connectivity index (χ0n) is 25.4. The first-order valence-electron chi connectivity index (χ1n) is 13.7. The number of hydrogen-bond acceptors (Lipinski definition) is 7. The highest BCUT2D eigenvalue weighted by molar-refractivity contribution is 5.87. The molecule has 0 saturated heterocycles. The highest BCUT2D eigenvalue weighted by Gasteiger charge is 2.27. The van der Waals surface area contributed by atoms with Crippen molar-refractivity contribution in [3.8, 4) is 28.7 Å². The summed E-state index contributed by atoms with van der Waals surface area (Å²) in [7, 11) is 1.56. The van der Waals surface area contributed by atoms with Crippen molar-refractivity contribution in [2.45, 2.75) is 53.9 Å². The molecule has 7 heteroatoms. The van der Waals surface area contributed by atoms with Gasteiger partial charge in [0.15, 0.2) is 0 Å². The van der Waals surface area contributed by atoms with Crippen LogP contribution in [0.3, 0.4) is 0 Å². The Morgan fingerprint density at radius 2 is 1.00 bits per heavy atom. The summed E-state index contributed by atoms with van der Waals surface area (Å²) in [6, 6.07) is 19.9. The average Bonchev–Trinajstić information content (AvgIpc) is 2.94. The van der Waals surface area contributed by atoms with Gasteiger partial charge in [-0.1, -0.05) is 66.6 Å². The van der Waals surface area contributed by atoms with Crippen LogP contribution in [-0.2, 0) is 5.41 Å². The summed E-state index contributed by atoms with van der Waals surface area (Å²) < 4.78 is 18.2. The minimum atomic E-state index is -0.315. The first-order valence-corrected chi connectivity index (χ1v) is 13.7. The zero-order chi connectivity index (χ0) is 30.6. The number of aryl methyl sites for hydroxylation is 5. The number of hydrogen-bond donors (Lipinski definition) is 2. The van der Waals surface area contributed by atoms with Gasteiger partial charge in [0.25, 0.3) is 0 Å². The van der Waals surface area contributed by atoms with E-state index in [9.17, 15) is 5.21 Å². The van der Waals surface area contributed by atoms with Gasteiger partial charge in [0.2, 0.25) is 0 Å². The second kappa shape index (κ2) is 12.4. The number of ether oxygens (including phenoxy) is 3. The van der Waals surface area contributed by atoms with Gasteiger partial charge in [-0.3, -0.25) is 0 Å². The molecule has 0 unspecified atom stereocenters. The lowest BCUT2D eigenvalue weighted by Gasteiger charge is -2.29. The first-order chi connectivity index (χ1) is 20.0. The topological polar surface area (TPSA) is 92.9 Å². The van der Waals surface area contributed by atoms with E-state index >= 15 is 0 Å². The Hall–Kier alpha value is -4.78. The van der Waals surface area contributed by atoms with E-state index in [0.717, 1.165) is 56.0 Å². The molecule has 0 aliphatic rings. The van der Waals surface area contributed by atoms with Crippen LogP contribution < -0.4 is 14.2 Å². The van der Waals surface area contributed by atoms with Crippen molar-refractivity contribution >= 4 is 12.4 Å². The number of rotatable bonds is 9. The molecule has 0 saturated carbocycles. The fourth-order valence-corrected chi connectivity index (χ4v) is 5.27. The summed E-state index contributed by atoms with van der Waals surface area (Å²) in [4.78, 5) is 0. The molecule has 0 bridgehead atoms. The van der Waals surface area contributed by atoms with Crippen LogP contribution in [-0.4, -0.2) is 30.0 Å². The molecule has 0 atom stereocenters. The van der Waals surface area contributed by atoms with Crippen molar-refractivity contribution in [2.75, 3.05) is 7.11 Å². The van der Waals surface area contributed by atoms with E-state index in [1.54, 1.807) is 13.2 Å². The normalized spacial score (nSPS) is 11.8. The van der Waals surface area contributed by atoms with E-state index in [1.165, 1.54) is 12.4 Å². The van der Waals surface area contributed by atoms with E-state index in [0.29, 0.717) is 22.8 Å². The van der Waals surface area contributed by atoms with Gasteiger partial charge in [-0.05, 0) is 91.8 Å². The van der Waals surface area contributed by atoms with Crippen molar-refractivity contribution in [1.82, 2.24) is 0 Å². The number of oxime groups is 2. The minimum Gasteiger partial charge on any atom is -0.496 e. The molecule has 0 spiro atoms. The maximum Gasteiger partial charge on any atom is 0.140 e. The molecule has 4 aromatic rings. The van der Waals surface area contributed by atoms with Gasteiger partial charge in [0.1, 0.15) is 28.7 Å². The lowest BCUT2D eigenvalue weighted by atomic mass is 9.76. The lowest BCUT2D eigenvalue weighted by molar-refractivity contribution is 0.321. The molecular formula is C35H38N2O5. The molecule has 218 valence electrons. The quantitative estimate of drug-likeness (QED) is 0.120. The maximum absolute atomic E-state index is 9.18.